The van der Waals surface area contributed by atoms with Gasteiger partial charge in [0.1, 0.15) is 17.3 Å². The second-order valence-corrected chi connectivity index (χ2v) is 7.90. The minimum atomic E-state index is -1.03. The molecule has 2 aromatic carbocycles. The molecule has 34 heavy (non-hydrogen) atoms. The maximum absolute atomic E-state index is 13.1. The first-order valence-electron chi connectivity index (χ1n) is 10.5. The number of hydrogen-bond donors (Lipinski definition) is 1. The molecule has 0 aliphatic carbocycles. The number of nitrogens with zero attached hydrogens (tertiary/aromatic N) is 3. The molecular formula is C25H21N3O6. The van der Waals surface area contributed by atoms with Crippen LogP contribution in [-0.4, -0.2) is 32.8 Å². The van der Waals surface area contributed by atoms with E-state index in [9.17, 15) is 24.8 Å². The molecule has 1 N–H and O–H groups in total. The number of Topliss-reactive ketones (excluding diaryl/α,β-unsaturated/α-hetero) is 1. The first-order chi connectivity index (χ1) is 16.3. The number of aliphatic hydroxyl groups is 1. The number of nitro benzene ring substituents is 1. The molecule has 172 valence electrons. The molecule has 1 aliphatic heterocycles. The summed E-state index contributed by atoms with van der Waals surface area (Å²) in [7, 11) is 0. The Balaban J connectivity index is 1.85. The van der Waals surface area contributed by atoms with E-state index >= 15 is 0 Å². The van der Waals surface area contributed by atoms with Gasteiger partial charge in [0.15, 0.2) is 0 Å². The number of anilines is 1. The van der Waals surface area contributed by atoms with Crippen LogP contribution in [0, 0.1) is 10.1 Å². The van der Waals surface area contributed by atoms with E-state index < -0.39 is 22.7 Å². The Morgan fingerprint density at radius 1 is 1.06 bits per heavy atom. The number of amides is 1. The topological polar surface area (TPSA) is 123 Å². The van der Waals surface area contributed by atoms with E-state index in [1.54, 1.807) is 42.5 Å². The van der Waals surface area contributed by atoms with Crippen LogP contribution in [0.2, 0.25) is 0 Å². The van der Waals surface area contributed by atoms with Crippen molar-refractivity contribution in [2.24, 2.45) is 0 Å². The van der Waals surface area contributed by atoms with Gasteiger partial charge in [-0.15, -0.1) is 0 Å². The van der Waals surface area contributed by atoms with Gasteiger partial charge in [0, 0.05) is 23.9 Å². The van der Waals surface area contributed by atoms with Crippen molar-refractivity contribution in [1.82, 2.24) is 4.98 Å². The zero-order valence-corrected chi connectivity index (χ0v) is 18.4. The standard InChI is InChI=1S/C25H21N3O6/c1-15(2)34-19-12-8-17(9-13-19)23(29)21-22(16-6-10-18(11-7-16)28(32)33)27(25(31)24(21)30)20-5-3-4-14-26-20/h3-15,22,29H,1-2H3. The maximum atomic E-state index is 13.1. The summed E-state index contributed by atoms with van der Waals surface area (Å²) in [6.45, 7) is 3.77. The predicted octanol–water partition coefficient (Wildman–Crippen LogP) is 4.40. The highest BCUT2D eigenvalue weighted by atomic mass is 16.6. The number of hydrogen-bond acceptors (Lipinski definition) is 7. The molecule has 1 saturated heterocycles. The SMILES string of the molecule is CC(C)Oc1ccc(C(O)=C2C(=O)C(=O)N(c3ccccn3)C2c2ccc([N+](=O)[O-])cc2)cc1. The van der Waals surface area contributed by atoms with Gasteiger partial charge in [0.25, 0.3) is 11.5 Å². The molecule has 2 heterocycles. The first-order valence-corrected chi connectivity index (χ1v) is 10.5. The molecule has 1 aliphatic rings. The fourth-order valence-corrected chi connectivity index (χ4v) is 3.78. The lowest BCUT2D eigenvalue weighted by atomic mass is 9.95. The van der Waals surface area contributed by atoms with Crippen molar-refractivity contribution in [2.45, 2.75) is 26.0 Å². The van der Waals surface area contributed by atoms with E-state index in [-0.39, 0.29) is 28.9 Å². The molecule has 9 heteroatoms. The zero-order chi connectivity index (χ0) is 24.4. The van der Waals surface area contributed by atoms with Crippen LogP contribution in [0.4, 0.5) is 11.5 Å². The van der Waals surface area contributed by atoms with E-state index in [1.807, 2.05) is 13.8 Å². The number of carbonyl (C=O) groups excluding carboxylic acids is 2. The quantitative estimate of drug-likeness (QED) is 0.190. The third kappa shape index (κ3) is 4.23. The Hall–Kier alpha value is -4.53. The van der Waals surface area contributed by atoms with E-state index in [1.165, 1.54) is 35.4 Å². The monoisotopic (exact) mass is 459 g/mol. The molecule has 1 unspecified atom stereocenters. The van der Waals surface area contributed by atoms with Crippen LogP contribution in [0.5, 0.6) is 5.75 Å². The number of non-ortho nitro benzene ring substituents is 1. The van der Waals surface area contributed by atoms with E-state index in [4.69, 9.17) is 4.74 Å². The number of carbonyl (C=O) groups is 2. The van der Waals surface area contributed by atoms with Crippen molar-refractivity contribution in [3.63, 3.8) is 0 Å². The molecule has 0 bridgehead atoms. The van der Waals surface area contributed by atoms with Gasteiger partial charge >= 0.3 is 5.91 Å². The summed E-state index contributed by atoms with van der Waals surface area (Å²) in [6, 6.07) is 15.9. The number of benzene rings is 2. The van der Waals surface area contributed by atoms with E-state index in [0.717, 1.165) is 0 Å². The van der Waals surface area contributed by atoms with Crippen LogP contribution < -0.4 is 9.64 Å². The Bertz CT molecular complexity index is 1270. The van der Waals surface area contributed by atoms with Crippen LogP contribution in [-0.2, 0) is 9.59 Å². The summed E-state index contributed by atoms with van der Waals surface area (Å²) in [5, 5.41) is 22.2. The second-order valence-electron chi connectivity index (χ2n) is 7.90. The molecule has 0 saturated carbocycles. The minimum Gasteiger partial charge on any atom is -0.507 e. The lowest BCUT2D eigenvalue weighted by molar-refractivity contribution is -0.384. The molecule has 1 aromatic heterocycles. The van der Waals surface area contributed by atoms with Gasteiger partial charge in [0.05, 0.1) is 22.6 Å². The lowest BCUT2D eigenvalue weighted by Gasteiger charge is -2.24. The fraction of sp³-hybridized carbons (Fsp3) is 0.160. The van der Waals surface area contributed by atoms with Crippen LogP contribution >= 0.6 is 0 Å². The predicted molar refractivity (Wildman–Crippen MR) is 124 cm³/mol. The van der Waals surface area contributed by atoms with Crippen LogP contribution in [0.3, 0.4) is 0 Å². The molecule has 0 spiro atoms. The fourth-order valence-electron chi connectivity index (χ4n) is 3.78. The van der Waals surface area contributed by atoms with Gasteiger partial charge < -0.3 is 9.84 Å². The van der Waals surface area contributed by atoms with Gasteiger partial charge in [-0.2, -0.15) is 0 Å². The van der Waals surface area contributed by atoms with Crippen molar-refractivity contribution < 1.29 is 24.4 Å². The average Bonchev–Trinajstić information content (AvgIpc) is 3.09. The summed E-state index contributed by atoms with van der Waals surface area (Å²) in [6.07, 6.45) is 1.44. The molecule has 1 fully saturated rings. The summed E-state index contributed by atoms with van der Waals surface area (Å²) in [5.41, 5.74) is 0.458. The van der Waals surface area contributed by atoms with Crippen LogP contribution in [0.15, 0.2) is 78.5 Å². The normalized spacial score (nSPS) is 17.3. The van der Waals surface area contributed by atoms with Gasteiger partial charge in [-0.05, 0) is 67.9 Å². The molecule has 9 nitrogen and oxygen atoms in total. The minimum absolute atomic E-state index is 0.0368. The molecular weight excluding hydrogens is 438 g/mol. The van der Waals surface area contributed by atoms with E-state index in [2.05, 4.69) is 4.98 Å². The summed E-state index contributed by atoms with van der Waals surface area (Å²) in [5.74, 6) is -1.30. The number of aliphatic hydroxyl groups excluding tert-OH is 1. The number of rotatable bonds is 6. The number of pyridine rings is 1. The highest BCUT2D eigenvalue weighted by Crippen LogP contribution is 2.41. The van der Waals surface area contributed by atoms with Crippen LogP contribution in [0.1, 0.15) is 31.0 Å². The van der Waals surface area contributed by atoms with Crippen LogP contribution in [0.25, 0.3) is 5.76 Å². The summed E-state index contributed by atoms with van der Waals surface area (Å²) < 4.78 is 5.62. The summed E-state index contributed by atoms with van der Waals surface area (Å²) >= 11 is 0. The highest BCUT2D eigenvalue weighted by Gasteiger charge is 2.47. The maximum Gasteiger partial charge on any atom is 0.301 e. The molecule has 1 amide bonds. The molecule has 0 radical (unpaired) electrons. The third-order valence-corrected chi connectivity index (χ3v) is 5.26. The average molecular weight is 459 g/mol. The second kappa shape index (κ2) is 9.14. The Labute approximate surface area is 195 Å². The molecule has 4 rings (SSSR count). The molecule has 3 aromatic rings. The Kier molecular flexibility index (Phi) is 6.09. The third-order valence-electron chi connectivity index (χ3n) is 5.26. The largest absolute Gasteiger partial charge is 0.507 e. The van der Waals surface area contributed by atoms with E-state index in [0.29, 0.717) is 16.9 Å². The number of nitro groups is 1. The van der Waals surface area contributed by atoms with Crippen molar-refractivity contribution in [1.29, 1.82) is 0 Å². The van der Waals surface area contributed by atoms with Crippen molar-refractivity contribution in [3.8, 4) is 5.75 Å². The highest BCUT2D eigenvalue weighted by molar-refractivity contribution is 6.51. The number of ketones is 1. The van der Waals surface area contributed by atoms with Gasteiger partial charge in [-0.1, -0.05) is 6.07 Å². The lowest BCUT2D eigenvalue weighted by Crippen LogP contribution is -2.30. The van der Waals surface area contributed by atoms with Crippen molar-refractivity contribution in [2.75, 3.05) is 4.90 Å². The van der Waals surface area contributed by atoms with Crippen molar-refractivity contribution >= 4 is 29.0 Å². The Morgan fingerprint density at radius 2 is 1.74 bits per heavy atom. The smallest absolute Gasteiger partial charge is 0.301 e. The number of ether oxygens (including phenoxy) is 1. The van der Waals surface area contributed by atoms with Gasteiger partial charge in [0.2, 0.25) is 0 Å². The summed E-state index contributed by atoms with van der Waals surface area (Å²) in [4.78, 5) is 42.1. The number of aromatic nitrogens is 1. The Morgan fingerprint density at radius 3 is 2.29 bits per heavy atom. The van der Waals surface area contributed by atoms with Gasteiger partial charge in [-0.25, -0.2) is 4.98 Å². The first kappa shape index (κ1) is 22.7. The molecule has 1 atom stereocenters. The van der Waals surface area contributed by atoms with Crippen molar-refractivity contribution in [3.05, 3.63) is 99.7 Å². The van der Waals surface area contributed by atoms with Gasteiger partial charge in [-0.3, -0.25) is 24.6 Å². The zero-order valence-electron chi connectivity index (χ0n) is 18.4.